The largest absolute Gasteiger partial charge is 0.383 e. The zero-order chi connectivity index (χ0) is 15.0. The van der Waals surface area contributed by atoms with Crippen LogP contribution in [0.1, 0.15) is 31.7 Å². The van der Waals surface area contributed by atoms with Gasteiger partial charge in [0.15, 0.2) is 0 Å². The summed E-state index contributed by atoms with van der Waals surface area (Å²) in [4.78, 5) is 23.4. The lowest BCUT2D eigenvalue weighted by molar-refractivity contribution is -0.136. The van der Waals surface area contributed by atoms with Gasteiger partial charge >= 0.3 is 11.8 Å². The normalized spacial score (nSPS) is 11.8. The van der Waals surface area contributed by atoms with Crippen LogP contribution in [0.5, 0.6) is 0 Å². The number of ether oxygens (including phenoxy) is 1. The summed E-state index contributed by atoms with van der Waals surface area (Å²) in [5.41, 5.74) is 1.72. The monoisotopic (exact) mass is 278 g/mol. The van der Waals surface area contributed by atoms with Crippen LogP contribution in [0.2, 0.25) is 0 Å². The molecular weight excluding hydrogens is 256 g/mol. The highest BCUT2D eigenvalue weighted by Gasteiger charge is 2.16. The molecular formula is C15H22N2O3. The smallest absolute Gasteiger partial charge is 0.313 e. The van der Waals surface area contributed by atoms with Crippen LogP contribution < -0.4 is 10.6 Å². The third kappa shape index (κ3) is 4.66. The van der Waals surface area contributed by atoms with E-state index in [2.05, 4.69) is 24.5 Å². The number of carbonyl (C=O) groups excluding carboxylic acids is 2. The molecule has 0 heterocycles. The van der Waals surface area contributed by atoms with Gasteiger partial charge in [-0.3, -0.25) is 9.59 Å². The van der Waals surface area contributed by atoms with E-state index in [-0.39, 0.29) is 0 Å². The summed E-state index contributed by atoms with van der Waals surface area (Å²) in [6.45, 7) is 4.86. The summed E-state index contributed by atoms with van der Waals surface area (Å²) >= 11 is 0. The minimum absolute atomic E-state index is 0.315. The molecule has 5 heteroatoms. The van der Waals surface area contributed by atoms with Gasteiger partial charge in [0.2, 0.25) is 0 Å². The van der Waals surface area contributed by atoms with Crippen molar-refractivity contribution in [3.8, 4) is 0 Å². The predicted octanol–water partition coefficient (Wildman–Crippen LogP) is 1.90. The van der Waals surface area contributed by atoms with Crippen LogP contribution in [-0.2, 0) is 14.3 Å². The minimum atomic E-state index is -0.656. The molecule has 5 nitrogen and oxygen atoms in total. The number of hydrogen-bond acceptors (Lipinski definition) is 3. The van der Waals surface area contributed by atoms with Crippen molar-refractivity contribution < 1.29 is 14.3 Å². The van der Waals surface area contributed by atoms with Crippen LogP contribution in [0, 0.1) is 0 Å². The first-order chi connectivity index (χ1) is 9.60. The van der Waals surface area contributed by atoms with Crippen molar-refractivity contribution in [3.63, 3.8) is 0 Å². The molecule has 0 bridgehead atoms. The maximum atomic E-state index is 11.8. The van der Waals surface area contributed by atoms with Crippen molar-refractivity contribution in [2.75, 3.05) is 25.6 Å². The van der Waals surface area contributed by atoms with E-state index in [0.29, 0.717) is 24.8 Å². The number of benzene rings is 1. The van der Waals surface area contributed by atoms with Gasteiger partial charge in [-0.1, -0.05) is 32.0 Å². The van der Waals surface area contributed by atoms with E-state index in [9.17, 15) is 9.59 Å². The minimum Gasteiger partial charge on any atom is -0.383 e. The van der Waals surface area contributed by atoms with Crippen molar-refractivity contribution in [3.05, 3.63) is 29.8 Å². The first-order valence-corrected chi connectivity index (χ1v) is 6.77. The molecule has 0 radical (unpaired) electrons. The second kappa shape index (κ2) is 8.32. The Morgan fingerprint density at radius 3 is 2.60 bits per heavy atom. The fourth-order valence-electron chi connectivity index (χ4n) is 1.79. The van der Waals surface area contributed by atoms with E-state index in [0.717, 1.165) is 12.0 Å². The fraction of sp³-hybridized carbons (Fsp3) is 0.467. The highest BCUT2D eigenvalue weighted by atomic mass is 16.5. The number of methoxy groups -OCH3 is 1. The number of carbonyl (C=O) groups is 2. The predicted molar refractivity (Wildman–Crippen MR) is 78.7 cm³/mol. The quantitative estimate of drug-likeness (QED) is 0.617. The number of nitrogens with one attached hydrogen (secondary N) is 2. The van der Waals surface area contributed by atoms with Gasteiger partial charge in [0.1, 0.15) is 0 Å². The van der Waals surface area contributed by atoms with Gasteiger partial charge in [0.05, 0.1) is 6.61 Å². The van der Waals surface area contributed by atoms with Crippen molar-refractivity contribution in [1.82, 2.24) is 5.32 Å². The van der Waals surface area contributed by atoms with Crippen LogP contribution in [0.25, 0.3) is 0 Å². The summed E-state index contributed by atoms with van der Waals surface area (Å²) in [5.74, 6) is -0.985. The second-order valence-electron chi connectivity index (χ2n) is 4.60. The molecule has 0 saturated carbocycles. The summed E-state index contributed by atoms with van der Waals surface area (Å²) < 4.78 is 4.81. The van der Waals surface area contributed by atoms with Gasteiger partial charge in [-0.2, -0.15) is 0 Å². The number of anilines is 1. The molecule has 2 amide bonds. The summed E-state index contributed by atoms with van der Waals surface area (Å²) in [6.07, 6.45) is 0.965. The van der Waals surface area contributed by atoms with Crippen LogP contribution in [0.3, 0.4) is 0 Å². The Labute approximate surface area is 119 Å². The fourth-order valence-corrected chi connectivity index (χ4v) is 1.79. The molecule has 0 aliphatic carbocycles. The zero-order valence-electron chi connectivity index (χ0n) is 12.2. The van der Waals surface area contributed by atoms with Gasteiger partial charge in [-0.05, 0) is 24.0 Å². The third-order valence-corrected chi connectivity index (χ3v) is 3.15. The molecule has 0 spiro atoms. The molecule has 0 aliphatic heterocycles. The molecule has 2 N–H and O–H groups in total. The van der Waals surface area contributed by atoms with Crippen LogP contribution in [0.15, 0.2) is 24.3 Å². The maximum absolute atomic E-state index is 11.8. The first-order valence-electron chi connectivity index (χ1n) is 6.77. The Hall–Kier alpha value is -1.88. The van der Waals surface area contributed by atoms with Crippen LogP contribution in [-0.4, -0.2) is 32.1 Å². The molecule has 20 heavy (non-hydrogen) atoms. The van der Waals surface area contributed by atoms with E-state index >= 15 is 0 Å². The molecule has 0 aliphatic rings. The SMILES string of the molecule is CCC(C)c1ccccc1NC(=O)C(=O)NCCOC. The van der Waals surface area contributed by atoms with Crippen molar-refractivity contribution in [2.45, 2.75) is 26.2 Å². The van der Waals surface area contributed by atoms with Gasteiger partial charge in [-0.15, -0.1) is 0 Å². The molecule has 110 valence electrons. The Bertz CT molecular complexity index is 460. The molecule has 1 aromatic carbocycles. The summed E-state index contributed by atoms with van der Waals surface area (Å²) in [5, 5.41) is 5.15. The van der Waals surface area contributed by atoms with E-state index in [1.54, 1.807) is 0 Å². The molecule has 1 unspecified atom stereocenters. The number of amides is 2. The van der Waals surface area contributed by atoms with Crippen LogP contribution in [0.4, 0.5) is 5.69 Å². The highest BCUT2D eigenvalue weighted by Crippen LogP contribution is 2.26. The molecule has 0 fully saturated rings. The Morgan fingerprint density at radius 2 is 1.95 bits per heavy atom. The molecule has 0 saturated heterocycles. The van der Waals surface area contributed by atoms with E-state index < -0.39 is 11.8 Å². The lowest BCUT2D eigenvalue weighted by Gasteiger charge is -2.15. The van der Waals surface area contributed by atoms with E-state index in [4.69, 9.17) is 4.74 Å². The topological polar surface area (TPSA) is 67.4 Å². The number of hydrogen-bond donors (Lipinski definition) is 2. The number of rotatable bonds is 6. The standard InChI is InChI=1S/C15H22N2O3/c1-4-11(2)12-7-5-6-8-13(12)17-15(19)14(18)16-9-10-20-3/h5-8,11H,4,9-10H2,1-3H3,(H,16,18)(H,17,19). The lowest BCUT2D eigenvalue weighted by atomic mass is 9.97. The average Bonchev–Trinajstić information content (AvgIpc) is 2.47. The molecule has 1 rings (SSSR count). The highest BCUT2D eigenvalue weighted by molar-refractivity contribution is 6.39. The molecule has 1 aromatic rings. The van der Waals surface area contributed by atoms with Gasteiger partial charge in [-0.25, -0.2) is 0 Å². The first kappa shape index (κ1) is 16.2. The summed E-state index contributed by atoms with van der Waals surface area (Å²) in [7, 11) is 1.54. The number of para-hydroxylation sites is 1. The van der Waals surface area contributed by atoms with E-state index in [1.807, 2.05) is 24.3 Å². The lowest BCUT2D eigenvalue weighted by Crippen LogP contribution is -2.37. The van der Waals surface area contributed by atoms with Gasteiger partial charge < -0.3 is 15.4 Å². The zero-order valence-corrected chi connectivity index (χ0v) is 12.2. The van der Waals surface area contributed by atoms with Gasteiger partial charge in [0, 0.05) is 19.3 Å². The average molecular weight is 278 g/mol. The van der Waals surface area contributed by atoms with Gasteiger partial charge in [0.25, 0.3) is 0 Å². The Balaban J connectivity index is 2.68. The Morgan fingerprint density at radius 1 is 1.25 bits per heavy atom. The molecule has 1 atom stereocenters. The van der Waals surface area contributed by atoms with Crippen molar-refractivity contribution >= 4 is 17.5 Å². The summed E-state index contributed by atoms with van der Waals surface area (Å²) in [6, 6.07) is 7.54. The molecule has 0 aromatic heterocycles. The third-order valence-electron chi connectivity index (χ3n) is 3.15. The Kier molecular flexibility index (Phi) is 6.73. The van der Waals surface area contributed by atoms with Crippen molar-refractivity contribution in [2.24, 2.45) is 0 Å². The second-order valence-corrected chi connectivity index (χ2v) is 4.60. The van der Waals surface area contributed by atoms with E-state index in [1.165, 1.54) is 7.11 Å². The van der Waals surface area contributed by atoms with Crippen molar-refractivity contribution in [1.29, 1.82) is 0 Å². The van der Waals surface area contributed by atoms with Crippen LogP contribution >= 0.6 is 0 Å². The maximum Gasteiger partial charge on any atom is 0.313 e.